The van der Waals surface area contributed by atoms with Gasteiger partial charge in [0.25, 0.3) is 5.91 Å². The van der Waals surface area contributed by atoms with Crippen molar-refractivity contribution in [3.63, 3.8) is 0 Å². The summed E-state index contributed by atoms with van der Waals surface area (Å²) in [6.07, 6.45) is 5.37. The Morgan fingerprint density at radius 1 is 1.09 bits per heavy atom. The Hall–Kier alpha value is -3.67. The van der Waals surface area contributed by atoms with Crippen molar-refractivity contribution < 1.29 is 9.59 Å². The third-order valence-corrected chi connectivity index (χ3v) is 5.60. The first-order chi connectivity index (χ1) is 15.4. The van der Waals surface area contributed by atoms with Crippen LogP contribution in [-0.2, 0) is 11.3 Å². The largest absolute Gasteiger partial charge is 0.349 e. The van der Waals surface area contributed by atoms with Gasteiger partial charge in [-0.3, -0.25) is 14.3 Å². The molecule has 164 valence electrons. The smallest absolute Gasteiger partial charge is 0.251 e. The normalized spacial score (nSPS) is 13.3. The van der Waals surface area contributed by atoms with E-state index in [0.717, 1.165) is 29.8 Å². The first-order valence-corrected chi connectivity index (χ1v) is 10.9. The van der Waals surface area contributed by atoms with Crippen LogP contribution in [0.25, 0.3) is 6.08 Å². The number of aromatic nitrogens is 2. The van der Waals surface area contributed by atoms with Gasteiger partial charge in [0.1, 0.15) is 0 Å². The van der Waals surface area contributed by atoms with Gasteiger partial charge in [-0.1, -0.05) is 35.9 Å². The zero-order valence-corrected chi connectivity index (χ0v) is 18.7. The number of amides is 2. The number of benzene rings is 2. The Balaban J connectivity index is 1.41. The second-order valence-corrected chi connectivity index (χ2v) is 8.38. The molecule has 0 unspecified atom stereocenters. The summed E-state index contributed by atoms with van der Waals surface area (Å²) in [6.45, 7) is 6.70. The molecule has 3 aromatic rings. The molecule has 0 spiro atoms. The fourth-order valence-corrected chi connectivity index (χ4v) is 3.55. The maximum Gasteiger partial charge on any atom is 0.251 e. The van der Waals surface area contributed by atoms with Crippen LogP contribution >= 0.6 is 0 Å². The summed E-state index contributed by atoms with van der Waals surface area (Å²) < 4.78 is 1.96. The standard InChI is InChI=1S/C26H28N4O2/c1-17-7-9-20(10-8-17)16-30-19(3)24(18(2)29-30)13-14-25(31)27-23-6-4-5-21(15-23)26(32)28-22-11-12-22/h4-10,13-15,22H,11-12,16H2,1-3H3,(H,27,31)(H,28,32). The van der Waals surface area contributed by atoms with Gasteiger partial charge in [-0.2, -0.15) is 5.10 Å². The van der Waals surface area contributed by atoms with E-state index in [-0.39, 0.29) is 11.8 Å². The zero-order valence-electron chi connectivity index (χ0n) is 18.7. The molecule has 4 rings (SSSR count). The van der Waals surface area contributed by atoms with Gasteiger partial charge < -0.3 is 10.6 Å². The lowest BCUT2D eigenvalue weighted by Gasteiger charge is -2.07. The van der Waals surface area contributed by atoms with Crippen LogP contribution in [0.15, 0.2) is 54.6 Å². The quantitative estimate of drug-likeness (QED) is 0.548. The van der Waals surface area contributed by atoms with E-state index in [1.807, 2.05) is 18.5 Å². The van der Waals surface area contributed by atoms with Crippen LogP contribution in [0.1, 0.15) is 51.3 Å². The van der Waals surface area contributed by atoms with Gasteiger partial charge in [-0.15, -0.1) is 0 Å². The van der Waals surface area contributed by atoms with Crippen molar-refractivity contribution in [2.45, 2.75) is 46.2 Å². The molecule has 1 aromatic heterocycles. The topological polar surface area (TPSA) is 76.0 Å². The Kier molecular flexibility index (Phi) is 6.21. The number of nitrogens with zero attached hydrogens (tertiary/aromatic N) is 2. The van der Waals surface area contributed by atoms with Gasteiger partial charge in [0.05, 0.1) is 12.2 Å². The minimum atomic E-state index is -0.255. The molecule has 0 bridgehead atoms. The van der Waals surface area contributed by atoms with Crippen LogP contribution < -0.4 is 10.6 Å². The molecular formula is C26H28N4O2. The van der Waals surface area contributed by atoms with Crippen LogP contribution in [0.4, 0.5) is 5.69 Å². The van der Waals surface area contributed by atoms with Gasteiger partial charge in [0.15, 0.2) is 0 Å². The van der Waals surface area contributed by atoms with E-state index in [0.29, 0.717) is 23.8 Å². The number of carbonyl (C=O) groups is 2. The van der Waals surface area contributed by atoms with Crippen molar-refractivity contribution >= 4 is 23.6 Å². The van der Waals surface area contributed by atoms with Gasteiger partial charge in [0.2, 0.25) is 5.91 Å². The molecule has 0 saturated heterocycles. The predicted octanol–water partition coefficient (Wildman–Crippen LogP) is 4.40. The van der Waals surface area contributed by atoms with Gasteiger partial charge in [0, 0.05) is 34.6 Å². The van der Waals surface area contributed by atoms with Crippen LogP contribution in [0, 0.1) is 20.8 Å². The molecule has 2 amide bonds. The highest BCUT2D eigenvalue weighted by Gasteiger charge is 2.23. The Labute approximate surface area is 188 Å². The number of aryl methyl sites for hydroxylation is 2. The summed E-state index contributed by atoms with van der Waals surface area (Å²) in [4.78, 5) is 24.7. The lowest BCUT2D eigenvalue weighted by atomic mass is 10.1. The highest BCUT2D eigenvalue weighted by Crippen LogP contribution is 2.20. The maximum absolute atomic E-state index is 12.5. The van der Waals surface area contributed by atoms with Gasteiger partial charge >= 0.3 is 0 Å². The monoisotopic (exact) mass is 428 g/mol. The highest BCUT2D eigenvalue weighted by atomic mass is 16.2. The van der Waals surface area contributed by atoms with Gasteiger partial charge in [-0.25, -0.2) is 0 Å². The molecule has 6 heteroatoms. The third kappa shape index (κ3) is 5.32. The summed E-state index contributed by atoms with van der Waals surface area (Å²) in [7, 11) is 0. The molecule has 1 aliphatic rings. The minimum absolute atomic E-state index is 0.105. The van der Waals surface area contributed by atoms with Crippen molar-refractivity contribution in [2.75, 3.05) is 5.32 Å². The summed E-state index contributed by atoms with van der Waals surface area (Å²) in [5.41, 5.74) is 6.35. The van der Waals surface area contributed by atoms with E-state index < -0.39 is 0 Å². The second kappa shape index (κ2) is 9.22. The van der Waals surface area contributed by atoms with Crippen LogP contribution in [0.3, 0.4) is 0 Å². The minimum Gasteiger partial charge on any atom is -0.349 e. The van der Waals surface area contributed by atoms with Crippen LogP contribution in [0.5, 0.6) is 0 Å². The Bertz CT molecular complexity index is 1170. The second-order valence-electron chi connectivity index (χ2n) is 8.38. The third-order valence-electron chi connectivity index (χ3n) is 5.60. The van der Waals surface area contributed by atoms with E-state index >= 15 is 0 Å². The summed E-state index contributed by atoms with van der Waals surface area (Å²) in [6, 6.07) is 15.7. The van der Waals surface area contributed by atoms with E-state index in [1.54, 1.807) is 30.3 Å². The molecule has 1 heterocycles. The lowest BCUT2D eigenvalue weighted by Crippen LogP contribution is -2.25. The average molecular weight is 429 g/mol. The predicted molar refractivity (Wildman–Crippen MR) is 127 cm³/mol. The first kappa shape index (κ1) is 21.6. The van der Waals surface area contributed by atoms with Crippen molar-refractivity contribution in [2.24, 2.45) is 0 Å². The van der Waals surface area contributed by atoms with E-state index in [4.69, 9.17) is 0 Å². The number of carbonyl (C=O) groups excluding carboxylic acids is 2. The fraction of sp³-hybridized carbons (Fsp3) is 0.269. The first-order valence-electron chi connectivity index (χ1n) is 10.9. The number of nitrogens with one attached hydrogen (secondary N) is 2. The molecule has 0 radical (unpaired) electrons. The molecule has 1 saturated carbocycles. The number of rotatable bonds is 7. The van der Waals surface area contributed by atoms with Crippen LogP contribution in [0.2, 0.25) is 0 Å². The highest BCUT2D eigenvalue weighted by molar-refractivity contribution is 6.03. The molecular weight excluding hydrogens is 400 g/mol. The fourth-order valence-electron chi connectivity index (χ4n) is 3.55. The van der Waals surface area contributed by atoms with E-state index in [9.17, 15) is 9.59 Å². The number of hydrogen-bond donors (Lipinski definition) is 2. The van der Waals surface area contributed by atoms with Crippen LogP contribution in [-0.4, -0.2) is 27.6 Å². The molecule has 6 nitrogen and oxygen atoms in total. The molecule has 0 aliphatic heterocycles. The van der Waals surface area contributed by atoms with E-state index in [1.165, 1.54) is 17.2 Å². The van der Waals surface area contributed by atoms with Crippen molar-refractivity contribution in [3.8, 4) is 0 Å². The summed E-state index contributed by atoms with van der Waals surface area (Å²) >= 11 is 0. The molecule has 1 aliphatic carbocycles. The van der Waals surface area contributed by atoms with Crippen molar-refractivity contribution in [1.82, 2.24) is 15.1 Å². The molecule has 2 aromatic carbocycles. The average Bonchev–Trinajstić information content (AvgIpc) is 3.54. The molecule has 0 atom stereocenters. The SMILES string of the molecule is Cc1ccc(Cn2nc(C)c(C=CC(=O)Nc3cccc(C(=O)NC4CC4)c3)c2C)cc1. The van der Waals surface area contributed by atoms with Crippen molar-refractivity contribution in [1.29, 1.82) is 0 Å². The number of hydrogen-bond acceptors (Lipinski definition) is 3. The summed E-state index contributed by atoms with van der Waals surface area (Å²) in [5, 5.41) is 10.4. The summed E-state index contributed by atoms with van der Waals surface area (Å²) in [5.74, 6) is -0.360. The van der Waals surface area contributed by atoms with E-state index in [2.05, 4.69) is 46.9 Å². The number of anilines is 1. The molecule has 32 heavy (non-hydrogen) atoms. The Morgan fingerprint density at radius 2 is 1.84 bits per heavy atom. The molecule has 2 N–H and O–H groups in total. The van der Waals surface area contributed by atoms with Gasteiger partial charge in [-0.05, 0) is 63.5 Å². The molecule has 1 fully saturated rings. The zero-order chi connectivity index (χ0) is 22.7. The maximum atomic E-state index is 12.5. The Morgan fingerprint density at radius 3 is 2.56 bits per heavy atom. The van der Waals surface area contributed by atoms with Crippen molar-refractivity contribution in [3.05, 3.63) is 88.2 Å². The lowest BCUT2D eigenvalue weighted by molar-refractivity contribution is -0.111.